The summed E-state index contributed by atoms with van der Waals surface area (Å²) in [6.45, 7) is 3.04. The molecule has 0 bridgehead atoms. The molecule has 0 spiro atoms. The standard InChI is InChI=1S/C15H21N3O5/c1-20-15(19)14-4-2-13(3-5-14)12-23-11-10-22-9-8-21-7-6-17-18-16/h2-5H,6-12H2,1H3. The van der Waals surface area contributed by atoms with Gasteiger partial charge in [-0.15, -0.1) is 0 Å². The van der Waals surface area contributed by atoms with Crippen LogP contribution in [0.1, 0.15) is 15.9 Å². The molecule has 23 heavy (non-hydrogen) atoms. The Hall–Kier alpha value is -2.12. The average Bonchev–Trinajstić information content (AvgIpc) is 2.59. The minimum atomic E-state index is -0.354. The summed E-state index contributed by atoms with van der Waals surface area (Å²) >= 11 is 0. The predicted octanol–water partition coefficient (Wildman–Crippen LogP) is 2.33. The van der Waals surface area contributed by atoms with E-state index in [0.717, 1.165) is 5.56 Å². The van der Waals surface area contributed by atoms with Crippen LogP contribution in [0.4, 0.5) is 0 Å². The number of ether oxygens (including phenoxy) is 4. The Bertz CT molecular complexity index is 500. The molecule has 1 aromatic carbocycles. The van der Waals surface area contributed by atoms with Gasteiger partial charge in [0.2, 0.25) is 0 Å². The van der Waals surface area contributed by atoms with Crippen molar-refractivity contribution in [2.24, 2.45) is 5.11 Å². The van der Waals surface area contributed by atoms with Crippen LogP contribution in [0.5, 0.6) is 0 Å². The molecular formula is C15H21N3O5. The first-order chi connectivity index (χ1) is 11.3. The van der Waals surface area contributed by atoms with Crippen LogP contribution in [0, 0.1) is 0 Å². The number of carbonyl (C=O) groups excluding carboxylic acids is 1. The van der Waals surface area contributed by atoms with E-state index in [9.17, 15) is 4.79 Å². The first kappa shape index (κ1) is 18.9. The maximum Gasteiger partial charge on any atom is 0.337 e. The Kier molecular flexibility index (Phi) is 10.2. The van der Waals surface area contributed by atoms with Gasteiger partial charge in [0.15, 0.2) is 0 Å². The molecular weight excluding hydrogens is 302 g/mol. The van der Waals surface area contributed by atoms with E-state index in [2.05, 4.69) is 14.8 Å². The van der Waals surface area contributed by atoms with Crippen LogP contribution in [-0.4, -0.2) is 52.7 Å². The minimum absolute atomic E-state index is 0.328. The highest BCUT2D eigenvalue weighted by Crippen LogP contribution is 2.06. The summed E-state index contributed by atoms with van der Waals surface area (Å²) in [4.78, 5) is 13.9. The van der Waals surface area contributed by atoms with Gasteiger partial charge in [-0.25, -0.2) is 4.79 Å². The molecule has 0 amide bonds. The van der Waals surface area contributed by atoms with Crippen LogP contribution in [0.15, 0.2) is 29.4 Å². The molecule has 8 heteroatoms. The molecule has 0 radical (unpaired) electrons. The second-order valence-electron chi connectivity index (χ2n) is 4.42. The van der Waals surface area contributed by atoms with Crippen LogP contribution in [0.25, 0.3) is 10.4 Å². The summed E-state index contributed by atoms with van der Waals surface area (Å²) < 4.78 is 20.6. The largest absolute Gasteiger partial charge is 0.465 e. The van der Waals surface area contributed by atoms with Crippen molar-refractivity contribution in [2.75, 3.05) is 46.7 Å². The summed E-state index contributed by atoms with van der Waals surface area (Å²) in [5.74, 6) is -0.354. The van der Waals surface area contributed by atoms with Crippen molar-refractivity contribution in [3.05, 3.63) is 45.8 Å². The number of nitrogens with zero attached hydrogens (tertiary/aromatic N) is 3. The third kappa shape index (κ3) is 8.80. The third-order valence-electron chi connectivity index (χ3n) is 2.79. The lowest BCUT2D eigenvalue weighted by Crippen LogP contribution is -2.10. The van der Waals surface area contributed by atoms with Gasteiger partial charge in [-0.1, -0.05) is 17.2 Å². The summed E-state index contributed by atoms with van der Waals surface area (Å²) in [5.41, 5.74) is 9.55. The van der Waals surface area contributed by atoms with Gasteiger partial charge < -0.3 is 18.9 Å². The zero-order chi connectivity index (χ0) is 16.8. The molecule has 0 aromatic heterocycles. The highest BCUT2D eigenvalue weighted by molar-refractivity contribution is 5.89. The van der Waals surface area contributed by atoms with Crippen molar-refractivity contribution in [3.63, 3.8) is 0 Å². The maximum absolute atomic E-state index is 11.3. The van der Waals surface area contributed by atoms with Gasteiger partial charge in [0.1, 0.15) is 0 Å². The molecule has 1 aromatic rings. The first-order valence-corrected chi connectivity index (χ1v) is 7.19. The van der Waals surface area contributed by atoms with Crippen molar-refractivity contribution in [1.82, 2.24) is 0 Å². The van der Waals surface area contributed by atoms with Crippen molar-refractivity contribution >= 4 is 5.97 Å². The van der Waals surface area contributed by atoms with Gasteiger partial charge in [-0.05, 0) is 23.2 Å². The summed E-state index contributed by atoms with van der Waals surface area (Å²) in [5, 5.41) is 3.35. The Labute approximate surface area is 134 Å². The topological polar surface area (TPSA) is 103 Å². The zero-order valence-corrected chi connectivity index (χ0v) is 13.1. The number of esters is 1. The number of methoxy groups -OCH3 is 1. The van der Waals surface area contributed by atoms with Crippen LogP contribution >= 0.6 is 0 Å². The van der Waals surface area contributed by atoms with Gasteiger partial charge in [-0.3, -0.25) is 0 Å². The minimum Gasteiger partial charge on any atom is -0.465 e. The van der Waals surface area contributed by atoms with E-state index >= 15 is 0 Å². The molecule has 0 N–H and O–H groups in total. The van der Waals surface area contributed by atoms with E-state index in [1.165, 1.54) is 7.11 Å². The van der Waals surface area contributed by atoms with Gasteiger partial charge in [0, 0.05) is 11.5 Å². The molecule has 8 nitrogen and oxygen atoms in total. The van der Waals surface area contributed by atoms with Crippen molar-refractivity contribution in [3.8, 4) is 0 Å². The van der Waals surface area contributed by atoms with E-state index in [1.54, 1.807) is 12.1 Å². The molecule has 0 aliphatic rings. The lowest BCUT2D eigenvalue weighted by Gasteiger charge is -2.07. The van der Waals surface area contributed by atoms with Gasteiger partial charge in [0.25, 0.3) is 0 Å². The average molecular weight is 323 g/mol. The van der Waals surface area contributed by atoms with E-state index < -0.39 is 0 Å². The van der Waals surface area contributed by atoms with Crippen LogP contribution in [0.2, 0.25) is 0 Å². The number of hydrogen-bond acceptors (Lipinski definition) is 6. The Morgan fingerprint density at radius 1 is 1.04 bits per heavy atom. The fraction of sp³-hybridized carbons (Fsp3) is 0.533. The van der Waals surface area contributed by atoms with Crippen LogP contribution < -0.4 is 0 Å². The Morgan fingerprint density at radius 3 is 2.26 bits per heavy atom. The van der Waals surface area contributed by atoms with Gasteiger partial charge in [0.05, 0.1) is 52.3 Å². The molecule has 0 aliphatic carbocycles. The number of benzene rings is 1. The number of rotatable bonds is 12. The number of azide groups is 1. The van der Waals surface area contributed by atoms with E-state index in [1.807, 2.05) is 12.1 Å². The van der Waals surface area contributed by atoms with Crippen molar-refractivity contribution in [2.45, 2.75) is 6.61 Å². The molecule has 0 aliphatic heterocycles. The summed E-state index contributed by atoms with van der Waals surface area (Å²) in [7, 11) is 1.35. The molecule has 126 valence electrons. The van der Waals surface area contributed by atoms with Crippen LogP contribution in [0.3, 0.4) is 0 Å². The van der Waals surface area contributed by atoms with E-state index in [4.69, 9.17) is 19.7 Å². The van der Waals surface area contributed by atoms with E-state index in [0.29, 0.717) is 51.7 Å². The zero-order valence-electron chi connectivity index (χ0n) is 13.1. The monoisotopic (exact) mass is 323 g/mol. The van der Waals surface area contributed by atoms with E-state index in [-0.39, 0.29) is 5.97 Å². The van der Waals surface area contributed by atoms with Crippen LogP contribution in [-0.2, 0) is 25.6 Å². The second-order valence-corrected chi connectivity index (χ2v) is 4.42. The first-order valence-electron chi connectivity index (χ1n) is 7.19. The van der Waals surface area contributed by atoms with Gasteiger partial charge >= 0.3 is 5.97 Å². The molecule has 1 rings (SSSR count). The fourth-order valence-corrected chi connectivity index (χ4v) is 1.63. The second kappa shape index (κ2) is 12.4. The lowest BCUT2D eigenvalue weighted by atomic mass is 10.1. The van der Waals surface area contributed by atoms with Crippen molar-refractivity contribution in [1.29, 1.82) is 0 Å². The fourth-order valence-electron chi connectivity index (χ4n) is 1.63. The lowest BCUT2D eigenvalue weighted by molar-refractivity contribution is 0.0119. The summed E-state index contributed by atoms with van der Waals surface area (Å²) in [6.07, 6.45) is 0. The predicted molar refractivity (Wildman–Crippen MR) is 83.1 cm³/mol. The van der Waals surface area contributed by atoms with Crippen molar-refractivity contribution < 1.29 is 23.7 Å². The molecule has 0 unspecified atom stereocenters. The molecule has 0 heterocycles. The Balaban J connectivity index is 2.00. The smallest absolute Gasteiger partial charge is 0.337 e. The highest BCUT2D eigenvalue weighted by Gasteiger charge is 2.04. The molecule has 0 atom stereocenters. The van der Waals surface area contributed by atoms with Gasteiger partial charge in [-0.2, -0.15) is 0 Å². The SMILES string of the molecule is COC(=O)c1ccc(COCCOCCOCCN=[N+]=[N-])cc1. The quantitative estimate of drug-likeness (QED) is 0.193. The normalized spacial score (nSPS) is 10.1. The third-order valence-corrected chi connectivity index (χ3v) is 2.79. The highest BCUT2D eigenvalue weighted by atomic mass is 16.5. The Morgan fingerprint density at radius 2 is 1.65 bits per heavy atom. The summed E-state index contributed by atoms with van der Waals surface area (Å²) in [6, 6.07) is 7.05. The molecule has 0 saturated carbocycles. The maximum atomic E-state index is 11.3. The molecule has 0 fully saturated rings. The number of carbonyl (C=O) groups is 1. The number of hydrogen-bond donors (Lipinski definition) is 0. The molecule has 0 saturated heterocycles.